The van der Waals surface area contributed by atoms with Crippen LogP contribution in [0.4, 0.5) is 5.13 Å². The number of hydrogen-bond acceptors (Lipinski definition) is 6. The summed E-state index contributed by atoms with van der Waals surface area (Å²) in [4.78, 5) is 16.4. The summed E-state index contributed by atoms with van der Waals surface area (Å²) < 4.78 is 31.9. The van der Waals surface area contributed by atoms with Crippen LogP contribution in [0.3, 0.4) is 0 Å². The van der Waals surface area contributed by atoms with Crippen LogP contribution in [0.25, 0.3) is 10.2 Å². The molecule has 1 atom stereocenters. The van der Waals surface area contributed by atoms with Gasteiger partial charge in [-0.3, -0.25) is 10.1 Å². The van der Waals surface area contributed by atoms with Crippen molar-refractivity contribution in [2.45, 2.75) is 23.8 Å². The van der Waals surface area contributed by atoms with Crippen LogP contribution < -0.4 is 10.0 Å². The first kappa shape index (κ1) is 15.3. The Morgan fingerprint density at radius 2 is 2.27 bits per heavy atom. The number of aromatic nitrogens is 1. The zero-order valence-electron chi connectivity index (χ0n) is 11.8. The lowest BCUT2D eigenvalue weighted by molar-refractivity contribution is -0.124. The fraction of sp³-hybridized carbons (Fsp3) is 0.385. The van der Waals surface area contributed by atoms with E-state index >= 15 is 0 Å². The molecule has 1 aliphatic heterocycles. The molecule has 1 fully saturated rings. The number of carbonyl (C=O) groups excluding carboxylic acids is 1. The van der Waals surface area contributed by atoms with Gasteiger partial charge < -0.3 is 4.74 Å². The molecule has 1 saturated heterocycles. The number of carbonyl (C=O) groups is 1. The monoisotopic (exact) mass is 341 g/mol. The van der Waals surface area contributed by atoms with E-state index in [1.54, 1.807) is 12.1 Å². The van der Waals surface area contributed by atoms with Crippen LogP contribution in [-0.4, -0.2) is 39.1 Å². The molecule has 0 spiro atoms. The number of sulfonamides is 1. The van der Waals surface area contributed by atoms with Gasteiger partial charge in [-0.2, -0.15) is 0 Å². The minimum atomic E-state index is -3.49. The van der Waals surface area contributed by atoms with Crippen molar-refractivity contribution in [3.8, 4) is 0 Å². The van der Waals surface area contributed by atoms with E-state index in [1.807, 2.05) is 0 Å². The fourth-order valence-electron chi connectivity index (χ4n) is 2.21. The highest BCUT2D eigenvalue weighted by molar-refractivity contribution is 7.89. The molecule has 7 nitrogen and oxygen atoms in total. The molecule has 118 valence electrons. The number of thiazole rings is 1. The lowest BCUT2D eigenvalue weighted by atomic mass is 10.2. The average Bonchev–Trinajstić information content (AvgIpc) is 3.15. The van der Waals surface area contributed by atoms with E-state index in [9.17, 15) is 13.2 Å². The maximum Gasteiger partial charge on any atom is 0.255 e. The molecule has 22 heavy (non-hydrogen) atoms. The molecule has 2 aromatic rings. The van der Waals surface area contributed by atoms with Crippen LogP contribution in [0.1, 0.15) is 12.8 Å². The molecule has 1 amide bonds. The van der Waals surface area contributed by atoms with Crippen LogP contribution in [0.2, 0.25) is 0 Å². The molecule has 2 heterocycles. The van der Waals surface area contributed by atoms with Crippen molar-refractivity contribution >= 4 is 42.6 Å². The number of hydrogen-bond donors (Lipinski definition) is 2. The molecule has 0 unspecified atom stereocenters. The van der Waals surface area contributed by atoms with E-state index in [0.29, 0.717) is 28.4 Å². The molecule has 1 aromatic heterocycles. The van der Waals surface area contributed by atoms with Crippen LogP contribution >= 0.6 is 11.3 Å². The average molecular weight is 341 g/mol. The number of amides is 1. The van der Waals surface area contributed by atoms with Crippen molar-refractivity contribution < 1.29 is 17.9 Å². The topological polar surface area (TPSA) is 97.4 Å². The first-order chi connectivity index (χ1) is 10.5. The number of rotatable bonds is 4. The lowest BCUT2D eigenvalue weighted by Crippen LogP contribution is -2.26. The Labute approximate surface area is 131 Å². The van der Waals surface area contributed by atoms with Gasteiger partial charge in [0.1, 0.15) is 6.10 Å². The van der Waals surface area contributed by atoms with E-state index in [0.717, 1.165) is 6.42 Å². The third kappa shape index (κ3) is 2.98. The van der Waals surface area contributed by atoms with Gasteiger partial charge in [0.05, 0.1) is 15.1 Å². The van der Waals surface area contributed by atoms with Gasteiger partial charge in [-0.1, -0.05) is 11.3 Å². The van der Waals surface area contributed by atoms with Crippen molar-refractivity contribution in [3.05, 3.63) is 18.2 Å². The number of anilines is 1. The highest BCUT2D eigenvalue weighted by Crippen LogP contribution is 2.28. The third-order valence-corrected chi connectivity index (χ3v) is 5.74. The van der Waals surface area contributed by atoms with Crippen molar-refractivity contribution in [1.29, 1.82) is 0 Å². The summed E-state index contributed by atoms with van der Waals surface area (Å²) in [5.41, 5.74) is 0.641. The minimum Gasteiger partial charge on any atom is -0.368 e. The first-order valence-corrected chi connectivity index (χ1v) is 9.06. The standard InChI is InChI=1S/C13H15N3O4S2/c1-14-22(18,19)8-4-5-9-11(7-8)21-13(15-9)16-12(17)10-3-2-6-20-10/h4-5,7,10,14H,2-3,6H2,1H3,(H,15,16,17)/t10-/m1/s1. The Hall–Kier alpha value is -1.55. The quantitative estimate of drug-likeness (QED) is 0.874. The van der Waals surface area contributed by atoms with Gasteiger partial charge in [-0.05, 0) is 38.1 Å². The summed E-state index contributed by atoms with van der Waals surface area (Å²) in [7, 11) is -2.13. The Morgan fingerprint density at radius 1 is 1.45 bits per heavy atom. The van der Waals surface area contributed by atoms with E-state index < -0.39 is 16.1 Å². The summed E-state index contributed by atoms with van der Waals surface area (Å²) >= 11 is 1.23. The molecule has 1 aromatic carbocycles. The van der Waals surface area contributed by atoms with E-state index in [1.165, 1.54) is 24.5 Å². The predicted molar refractivity (Wildman–Crippen MR) is 83.5 cm³/mol. The zero-order valence-corrected chi connectivity index (χ0v) is 13.5. The second-order valence-corrected chi connectivity index (χ2v) is 7.76. The molecule has 0 saturated carbocycles. The smallest absolute Gasteiger partial charge is 0.255 e. The van der Waals surface area contributed by atoms with Crippen LogP contribution in [0.5, 0.6) is 0 Å². The van der Waals surface area contributed by atoms with Crippen molar-refractivity contribution in [2.24, 2.45) is 0 Å². The molecule has 3 rings (SSSR count). The summed E-state index contributed by atoms with van der Waals surface area (Å²) in [6, 6.07) is 4.65. The number of benzene rings is 1. The molecular formula is C13H15N3O4S2. The van der Waals surface area contributed by atoms with Crippen molar-refractivity contribution in [1.82, 2.24) is 9.71 Å². The van der Waals surface area contributed by atoms with Crippen LogP contribution in [0.15, 0.2) is 23.1 Å². The maximum absolute atomic E-state index is 12.0. The van der Waals surface area contributed by atoms with Crippen molar-refractivity contribution in [3.63, 3.8) is 0 Å². The van der Waals surface area contributed by atoms with Gasteiger partial charge in [0.15, 0.2) is 5.13 Å². The fourth-order valence-corrected chi connectivity index (χ4v) is 3.95. The number of ether oxygens (including phenoxy) is 1. The molecule has 9 heteroatoms. The SMILES string of the molecule is CNS(=O)(=O)c1ccc2nc(NC(=O)[C@H]3CCCO3)sc2c1. The maximum atomic E-state index is 12.0. The Kier molecular flexibility index (Phi) is 4.13. The normalized spacial score (nSPS) is 18.7. The summed E-state index contributed by atoms with van der Waals surface area (Å²) in [5, 5.41) is 3.16. The highest BCUT2D eigenvalue weighted by atomic mass is 32.2. The van der Waals surface area contributed by atoms with E-state index in [-0.39, 0.29) is 10.8 Å². The Morgan fingerprint density at radius 3 is 2.95 bits per heavy atom. The largest absolute Gasteiger partial charge is 0.368 e. The van der Waals surface area contributed by atoms with Crippen LogP contribution in [-0.2, 0) is 19.6 Å². The van der Waals surface area contributed by atoms with Gasteiger partial charge in [-0.25, -0.2) is 18.1 Å². The third-order valence-electron chi connectivity index (χ3n) is 3.39. The lowest BCUT2D eigenvalue weighted by Gasteiger charge is -2.07. The van der Waals surface area contributed by atoms with Gasteiger partial charge in [0.25, 0.3) is 5.91 Å². The van der Waals surface area contributed by atoms with Gasteiger partial charge in [0.2, 0.25) is 10.0 Å². The number of nitrogens with zero attached hydrogens (tertiary/aromatic N) is 1. The Bertz CT molecular complexity index is 810. The van der Waals surface area contributed by atoms with Crippen LogP contribution in [0, 0.1) is 0 Å². The molecular weight excluding hydrogens is 326 g/mol. The molecule has 0 bridgehead atoms. The number of fused-ring (bicyclic) bond motifs is 1. The molecule has 0 aliphatic carbocycles. The zero-order chi connectivity index (χ0) is 15.7. The van der Waals surface area contributed by atoms with E-state index in [2.05, 4.69) is 15.0 Å². The second kappa shape index (κ2) is 5.92. The Balaban J connectivity index is 1.85. The first-order valence-electron chi connectivity index (χ1n) is 6.76. The summed E-state index contributed by atoms with van der Waals surface area (Å²) in [6.07, 6.45) is 1.16. The highest BCUT2D eigenvalue weighted by Gasteiger charge is 2.24. The minimum absolute atomic E-state index is 0.170. The number of nitrogens with one attached hydrogen (secondary N) is 2. The summed E-state index contributed by atoms with van der Waals surface area (Å²) in [5.74, 6) is -0.209. The van der Waals surface area contributed by atoms with Gasteiger partial charge in [-0.15, -0.1) is 0 Å². The van der Waals surface area contributed by atoms with Gasteiger partial charge in [0, 0.05) is 6.61 Å². The van der Waals surface area contributed by atoms with Gasteiger partial charge >= 0.3 is 0 Å². The van der Waals surface area contributed by atoms with Crippen molar-refractivity contribution in [2.75, 3.05) is 19.0 Å². The molecule has 0 radical (unpaired) electrons. The molecule has 2 N–H and O–H groups in total. The van der Waals surface area contributed by atoms with E-state index in [4.69, 9.17) is 4.74 Å². The predicted octanol–water partition coefficient (Wildman–Crippen LogP) is 1.32. The molecule has 1 aliphatic rings. The second-order valence-electron chi connectivity index (χ2n) is 4.85. The summed E-state index contributed by atoms with van der Waals surface area (Å²) in [6.45, 7) is 0.600.